The van der Waals surface area contributed by atoms with Gasteiger partial charge in [0.1, 0.15) is 6.29 Å². The molecule has 266 valence electrons. The minimum absolute atomic E-state index is 0.00802. The molecule has 0 saturated carbocycles. The number of esters is 2. The molecule has 0 N–H and O–H groups in total. The number of carbonyl (C=O) groups excluding carboxylic acids is 3. The molecule has 1 saturated heterocycles. The van der Waals surface area contributed by atoms with E-state index in [0.717, 1.165) is 18.1 Å². The van der Waals surface area contributed by atoms with Crippen LogP contribution >= 0.6 is 0 Å². The topological polar surface area (TPSA) is 107 Å². The van der Waals surface area contributed by atoms with Crippen molar-refractivity contribution in [1.29, 1.82) is 0 Å². The summed E-state index contributed by atoms with van der Waals surface area (Å²) in [6.07, 6.45) is 4.53. The van der Waals surface area contributed by atoms with Crippen molar-refractivity contribution in [3.63, 3.8) is 0 Å². The molecule has 0 amide bonds. The monoisotopic (exact) mass is 684 g/mol. The van der Waals surface area contributed by atoms with E-state index in [9.17, 15) is 14.4 Å². The highest BCUT2D eigenvalue weighted by Gasteiger charge is 2.59. The van der Waals surface area contributed by atoms with E-state index in [-0.39, 0.29) is 30.1 Å². The average Bonchev–Trinajstić information content (AvgIpc) is 2.98. The number of rotatable bonds is 18. The second-order valence-corrected chi connectivity index (χ2v) is 24.1. The third-order valence-corrected chi connectivity index (χ3v) is 19.4. The Kier molecular flexibility index (Phi) is 16.3. The molecular formula is C35H64O9Si2. The van der Waals surface area contributed by atoms with Crippen molar-refractivity contribution < 1.29 is 42.2 Å². The number of hydrogen-bond donors (Lipinski definition) is 0. The van der Waals surface area contributed by atoms with E-state index in [2.05, 4.69) is 61.6 Å². The molecule has 1 fully saturated rings. The molecule has 11 heteroatoms. The van der Waals surface area contributed by atoms with E-state index >= 15 is 0 Å². The van der Waals surface area contributed by atoms with Gasteiger partial charge in [-0.15, -0.1) is 0 Å². The lowest BCUT2D eigenvalue weighted by Gasteiger charge is -2.53. The molecule has 5 atom stereocenters. The zero-order valence-electron chi connectivity index (χ0n) is 31.2. The van der Waals surface area contributed by atoms with E-state index in [0.29, 0.717) is 24.7 Å². The third kappa shape index (κ3) is 10.4. The zero-order chi connectivity index (χ0) is 35.6. The van der Waals surface area contributed by atoms with Gasteiger partial charge >= 0.3 is 11.9 Å². The van der Waals surface area contributed by atoms with Gasteiger partial charge in [-0.2, -0.15) is 0 Å². The predicted molar refractivity (Wildman–Crippen MR) is 188 cm³/mol. The minimum atomic E-state index is -2.16. The molecule has 9 nitrogen and oxygen atoms in total. The molecule has 0 unspecified atom stereocenters. The molecule has 0 aliphatic carbocycles. The number of allylic oxidation sites excluding steroid dienone is 1. The lowest BCUT2D eigenvalue weighted by molar-refractivity contribution is -0.338. The molecule has 1 heterocycles. The fourth-order valence-corrected chi connectivity index (χ4v) is 10.3. The number of methoxy groups -OCH3 is 2. The third-order valence-electron chi connectivity index (χ3n) is 10.1. The van der Waals surface area contributed by atoms with E-state index in [4.69, 9.17) is 27.8 Å². The van der Waals surface area contributed by atoms with Gasteiger partial charge in [0.15, 0.2) is 22.7 Å². The van der Waals surface area contributed by atoms with Crippen LogP contribution in [0.1, 0.15) is 94.9 Å². The number of ether oxygens (including phenoxy) is 4. The van der Waals surface area contributed by atoms with Crippen LogP contribution in [0.2, 0.25) is 36.3 Å². The van der Waals surface area contributed by atoms with Gasteiger partial charge in [-0.1, -0.05) is 68.4 Å². The van der Waals surface area contributed by atoms with Gasteiger partial charge in [0.05, 0.1) is 25.4 Å². The summed E-state index contributed by atoms with van der Waals surface area (Å²) >= 11 is 0. The highest BCUT2D eigenvalue weighted by Crippen LogP contribution is 2.49. The van der Waals surface area contributed by atoms with Crippen molar-refractivity contribution in [3.8, 4) is 0 Å². The van der Waals surface area contributed by atoms with Crippen LogP contribution in [0.4, 0.5) is 0 Å². The normalized spacial score (nSPS) is 23.7. The van der Waals surface area contributed by atoms with E-state index in [1.807, 2.05) is 20.8 Å². The van der Waals surface area contributed by atoms with Crippen LogP contribution in [0.15, 0.2) is 23.8 Å². The average molecular weight is 685 g/mol. The summed E-state index contributed by atoms with van der Waals surface area (Å²) in [5, 5.41) is 0.00802. The fourth-order valence-electron chi connectivity index (χ4n) is 5.93. The van der Waals surface area contributed by atoms with E-state index in [1.54, 1.807) is 6.08 Å². The maximum absolute atomic E-state index is 13.0. The Morgan fingerprint density at radius 1 is 1.02 bits per heavy atom. The summed E-state index contributed by atoms with van der Waals surface area (Å²) in [7, 11) is -1.46. The predicted octanol–water partition coefficient (Wildman–Crippen LogP) is 7.90. The highest BCUT2D eigenvalue weighted by molar-refractivity contribution is 6.74. The Labute approximate surface area is 281 Å². The van der Waals surface area contributed by atoms with Crippen molar-refractivity contribution >= 4 is 34.9 Å². The highest BCUT2D eigenvalue weighted by atomic mass is 28.4. The van der Waals surface area contributed by atoms with Crippen LogP contribution in [-0.2, 0) is 42.2 Å². The van der Waals surface area contributed by atoms with Crippen molar-refractivity contribution in [1.82, 2.24) is 0 Å². The minimum Gasteiger partial charge on any atom is -0.466 e. The van der Waals surface area contributed by atoms with Crippen molar-refractivity contribution in [2.45, 2.75) is 161 Å². The first kappa shape index (κ1) is 42.4. The standard InChI is InChI=1S/C35H64O9Si2/c1-15-20-30(37)41-32-27(24-31(38)39-11)23-28(42-35(32,40-12)34(9,10)21-19-22-36)25-29(44-46(16-2,17-3)18-4)26(5)43-45(13,14)33(6,7)8/h19,21-22,24,26,28-29,32H,15-18,20,23,25H2,1-14H3/b21-19+,27-24+/t26-,28+,29-,32+,35-/m1/s1. The Balaban J connectivity index is 3.88. The number of hydrogen-bond acceptors (Lipinski definition) is 9. The van der Waals surface area contributed by atoms with Crippen molar-refractivity contribution in [2.75, 3.05) is 14.2 Å². The van der Waals surface area contributed by atoms with Gasteiger partial charge in [0, 0.05) is 31.4 Å². The van der Waals surface area contributed by atoms with Gasteiger partial charge in [-0.05, 0) is 67.7 Å². The molecule has 46 heavy (non-hydrogen) atoms. The molecular weight excluding hydrogens is 621 g/mol. The van der Waals surface area contributed by atoms with Gasteiger partial charge < -0.3 is 27.8 Å². The Hall–Kier alpha value is -1.64. The molecule has 0 aromatic heterocycles. The van der Waals surface area contributed by atoms with Crippen LogP contribution in [0.3, 0.4) is 0 Å². The lowest BCUT2D eigenvalue weighted by Crippen LogP contribution is -2.63. The van der Waals surface area contributed by atoms with Crippen molar-refractivity contribution in [2.24, 2.45) is 5.41 Å². The molecule has 1 aliphatic heterocycles. The fraction of sp³-hybridized carbons (Fsp3) is 0.800. The molecule has 0 spiro atoms. The summed E-state index contributed by atoms with van der Waals surface area (Å²) in [5.41, 5.74) is -0.467. The second kappa shape index (κ2) is 17.7. The first-order valence-corrected chi connectivity index (χ1v) is 22.4. The quantitative estimate of drug-likeness (QED) is 0.0616. The van der Waals surface area contributed by atoms with Crippen molar-refractivity contribution in [3.05, 3.63) is 23.8 Å². The van der Waals surface area contributed by atoms with Gasteiger partial charge in [-0.3, -0.25) is 9.59 Å². The molecule has 0 aromatic rings. The summed E-state index contributed by atoms with van der Waals surface area (Å²) in [6.45, 7) is 25.5. The Morgan fingerprint density at radius 2 is 1.61 bits per heavy atom. The summed E-state index contributed by atoms with van der Waals surface area (Å²) in [5.74, 6) is -2.60. The number of carbonyl (C=O) groups is 3. The smallest absolute Gasteiger partial charge is 0.330 e. The number of aldehydes is 1. The van der Waals surface area contributed by atoms with Crippen LogP contribution in [0.25, 0.3) is 0 Å². The zero-order valence-corrected chi connectivity index (χ0v) is 33.2. The molecule has 0 bridgehead atoms. The van der Waals surface area contributed by atoms with Crippen LogP contribution in [0.5, 0.6) is 0 Å². The molecule has 1 aliphatic rings. The van der Waals surface area contributed by atoms with Gasteiger partial charge in [-0.25, -0.2) is 4.79 Å². The lowest BCUT2D eigenvalue weighted by atomic mass is 9.74. The van der Waals surface area contributed by atoms with Crippen LogP contribution in [0, 0.1) is 5.41 Å². The van der Waals surface area contributed by atoms with Gasteiger partial charge in [0.25, 0.3) is 0 Å². The van der Waals surface area contributed by atoms with E-state index < -0.39 is 52.0 Å². The Morgan fingerprint density at radius 3 is 2.07 bits per heavy atom. The van der Waals surface area contributed by atoms with Gasteiger partial charge in [0.2, 0.25) is 5.79 Å². The summed E-state index contributed by atoms with van der Waals surface area (Å²) in [6, 6.07) is 2.93. The summed E-state index contributed by atoms with van der Waals surface area (Å²) < 4.78 is 38.4. The van der Waals surface area contributed by atoms with Crippen LogP contribution < -0.4 is 0 Å². The maximum Gasteiger partial charge on any atom is 0.330 e. The molecule has 1 rings (SSSR count). The second-order valence-electron chi connectivity index (χ2n) is 14.6. The maximum atomic E-state index is 13.0. The molecule has 0 aromatic carbocycles. The first-order chi connectivity index (χ1) is 21.3. The first-order valence-electron chi connectivity index (χ1n) is 17.0. The Bertz CT molecular complexity index is 1050. The molecule has 0 radical (unpaired) electrons. The SMILES string of the molecule is CCCC(=O)O[C@H]1/C(=C/C(=O)OC)C[C@@H](C[C@@H](O[Si](CC)(CC)CC)[C@@H](C)O[Si](C)(C)C(C)(C)C)O[C@@]1(OC)C(C)(C)/C=C/C=O. The summed E-state index contributed by atoms with van der Waals surface area (Å²) in [4.78, 5) is 37.2. The van der Waals surface area contributed by atoms with E-state index in [1.165, 1.54) is 26.4 Å². The largest absolute Gasteiger partial charge is 0.466 e. The van der Waals surface area contributed by atoms with Crippen LogP contribution in [-0.4, -0.2) is 79.3 Å².